The van der Waals surface area contributed by atoms with Crippen LogP contribution < -0.4 is 14.8 Å². The molecular weight excluding hydrogens is 468 g/mol. The highest BCUT2D eigenvalue weighted by Crippen LogP contribution is 2.26. The van der Waals surface area contributed by atoms with Crippen LogP contribution in [-0.2, 0) is 16.8 Å². The van der Waals surface area contributed by atoms with E-state index in [2.05, 4.69) is 53.3 Å². The van der Waals surface area contributed by atoms with E-state index in [1.54, 1.807) is 7.11 Å². The summed E-state index contributed by atoms with van der Waals surface area (Å²) in [5, 5.41) is 7.27. The molecular formula is C29H38N4O4. The summed E-state index contributed by atoms with van der Waals surface area (Å²) in [5.41, 5.74) is 2.32. The number of likely N-dealkylation sites (tertiary alicyclic amines) is 1. The number of hydrogen-bond donors (Lipinski definition) is 1. The van der Waals surface area contributed by atoms with Gasteiger partial charge in [-0.15, -0.1) is 0 Å². The Morgan fingerprint density at radius 2 is 1.73 bits per heavy atom. The molecule has 1 aliphatic rings. The SMILES string of the molecule is COc1ccc(OCC(C)NC(=O)C2CCN(Cc3nc(-c4ccc(C(C)(C)C)cc4)no3)CC2)cc1. The van der Waals surface area contributed by atoms with Gasteiger partial charge in [0.15, 0.2) is 0 Å². The first-order chi connectivity index (χ1) is 17.7. The Morgan fingerprint density at radius 3 is 2.35 bits per heavy atom. The summed E-state index contributed by atoms with van der Waals surface area (Å²) in [6, 6.07) is 15.7. The molecule has 3 aromatic rings. The first-order valence-electron chi connectivity index (χ1n) is 12.9. The highest BCUT2D eigenvalue weighted by Gasteiger charge is 2.27. The molecule has 1 aromatic heterocycles. The fraction of sp³-hybridized carbons (Fsp3) is 0.483. The second kappa shape index (κ2) is 11.8. The van der Waals surface area contributed by atoms with E-state index < -0.39 is 0 Å². The highest BCUT2D eigenvalue weighted by molar-refractivity contribution is 5.79. The summed E-state index contributed by atoms with van der Waals surface area (Å²) in [4.78, 5) is 19.6. The van der Waals surface area contributed by atoms with Crippen molar-refractivity contribution in [1.29, 1.82) is 0 Å². The topological polar surface area (TPSA) is 89.7 Å². The van der Waals surface area contributed by atoms with Crippen LogP contribution in [0.3, 0.4) is 0 Å². The number of methoxy groups -OCH3 is 1. The standard InChI is InChI=1S/C29H38N4O4/c1-20(19-36-25-12-10-24(35-5)11-13-25)30-28(34)22-14-16-33(17-15-22)18-26-31-27(32-37-26)21-6-8-23(9-7-21)29(2,3)4/h6-13,20,22H,14-19H2,1-5H3,(H,30,34). The van der Waals surface area contributed by atoms with Gasteiger partial charge in [0, 0.05) is 11.5 Å². The Hall–Kier alpha value is -3.39. The average Bonchev–Trinajstić information content (AvgIpc) is 3.36. The summed E-state index contributed by atoms with van der Waals surface area (Å²) >= 11 is 0. The normalized spacial score (nSPS) is 15.8. The van der Waals surface area contributed by atoms with Gasteiger partial charge in [-0.25, -0.2) is 0 Å². The maximum atomic E-state index is 12.8. The minimum Gasteiger partial charge on any atom is -0.497 e. The monoisotopic (exact) mass is 506 g/mol. The van der Waals surface area contributed by atoms with Crippen molar-refractivity contribution in [3.63, 3.8) is 0 Å². The lowest BCUT2D eigenvalue weighted by molar-refractivity contribution is -0.127. The van der Waals surface area contributed by atoms with Crippen molar-refractivity contribution in [3.8, 4) is 22.9 Å². The molecule has 8 nitrogen and oxygen atoms in total. The first kappa shape index (κ1) is 26.7. The van der Waals surface area contributed by atoms with Gasteiger partial charge in [-0.3, -0.25) is 9.69 Å². The van der Waals surface area contributed by atoms with Crippen LogP contribution in [0.2, 0.25) is 0 Å². The molecule has 0 radical (unpaired) electrons. The minimum atomic E-state index is -0.0816. The fourth-order valence-corrected chi connectivity index (χ4v) is 4.40. The molecule has 198 valence electrons. The van der Waals surface area contributed by atoms with Crippen LogP contribution in [0.4, 0.5) is 0 Å². The minimum absolute atomic E-state index is 0.000682. The van der Waals surface area contributed by atoms with Crippen LogP contribution in [0.25, 0.3) is 11.4 Å². The Kier molecular flexibility index (Phi) is 8.48. The summed E-state index contributed by atoms with van der Waals surface area (Å²) < 4.78 is 16.5. The Balaban J connectivity index is 1.20. The molecule has 1 unspecified atom stereocenters. The zero-order chi connectivity index (χ0) is 26.4. The van der Waals surface area contributed by atoms with Crippen molar-refractivity contribution in [1.82, 2.24) is 20.4 Å². The number of rotatable bonds is 9. The lowest BCUT2D eigenvalue weighted by Crippen LogP contribution is -2.44. The predicted molar refractivity (Wildman–Crippen MR) is 143 cm³/mol. The van der Waals surface area contributed by atoms with Crippen LogP contribution in [0.5, 0.6) is 11.5 Å². The summed E-state index contributed by atoms with van der Waals surface area (Å²) in [6.07, 6.45) is 1.60. The van der Waals surface area contributed by atoms with Gasteiger partial charge in [-0.1, -0.05) is 50.2 Å². The lowest BCUT2D eigenvalue weighted by Gasteiger charge is -2.30. The molecule has 1 saturated heterocycles. The molecule has 0 spiro atoms. The fourth-order valence-electron chi connectivity index (χ4n) is 4.40. The van der Waals surface area contributed by atoms with Gasteiger partial charge in [-0.2, -0.15) is 4.98 Å². The zero-order valence-corrected chi connectivity index (χ0v) is 22.5. The average molecular weight is 507 g/mol. The van der Waals surface area contributed by atoms with E-state index in [-0.39, 0.29) is 23.3 Å². The van der Waals surface area contributed by atoms with Crippen molar-refractivity contribution in [3.05, 3.63) is 60.0 Å². The third-order valence-electron chi connectivity index (χ3n) is 6.74. The maximum absolute atomic E-state index is 12.8. The largest absolute Gasteiger partial charge is 0.497 e. The number of carbonyl (C=O) groups excluding carboxylic acids is 1. The van der Waals surface area contributed by atoms with E-state index >= 15 is 0 Å². The molecule has 4 rings (SSSR count). The molecule has 1 atom stereocenters. The van der Waals surface area contributed by atoms with E-state index in [4.69, 9.17) is 14.0 Å². The summed E-state index contributed by atoms with van der Waals surface area (Å²) in [5.74, 6) is 2.83. The number of benzene rings is 2. The van der Waals surface area contributed by atoms with Crippen LogP contribution in [0, 0.1) is 5.92 Å². The molecule has 0 bridgehead atoms. The summed E-state index contributed by atoms with van der Waals surface area (Å²) in [6.45, 7) is 11.2. The second-order valence-electron chi connectivity index (χ2n) is 10.8. The molecule has 0 saturated carbocycles. The highest BCUT2D eigenvalue weighted by atomic mass is 16.5. The number of ether oxygens (including phenoxy) is 2. The van der Waals surface area contributed by atoms with Gasteiger partial charge in [0.25, 0.3) is 0 Å². The van der Waals surface area contributed by atoms with Gasteiger partial charge in [0.05, 0.1) is 19.7 Å². The van der Waals surface area contributed by atoms with Crippen molar-refractivity contribution in [2.24, 2.45) is 5.92 Å². The molecule has 0 aliphatic carbocycles. The molecule has 1 aliphatic heterocycles. The van der Waals surface area contributed by atoms with Gasteiger partial charge in [0.2, 0.25) is 17.6 Å². The zero-order valence-electron chi connectivity index (χ0n) is 22.5. The Morgan fingerprint density at radius 1 is 1.08 bits per heavy atom. The molecule has 8 heteroatoms. The van der Waals surface area contributed by atoms with Gasteiger partial charge < -0.3 is 19.3 Å². The van der Waals surface area contributed by atoms with Crippen LogP contribution in [0.1, 0.15) is 52.0 Å². The molecule has 2 aromatic carbocycles. The first-order valence-corrected chi connectivity index (χ1v) is 12.9. The van der Waals surface area contributed by atoms with Gasteiger partial charge in [0.1, 0.15) is 18.1 Å². The van der Waals surface area contributed by atoms with E-state index in [1.807, 2.05) is 43.3 Å². The molecule has 1 fully saturated rings. The van der Waals surface area contributed by atoms with Gasteiger partial charge in [-0.05, 0) is 68.1 Å². The summed E-state index contributed by atoms with van der Waals surface area (Å²) in [7, 11) is 1.63. The number of hydrogen-bond acceptors (Lipinski definition) is 7. The Labute approximate surface area is 219 Å². The van der Waals surface area contributed by atoms with E-state index in [0.29, 0.717) is 24.9 Å². The smallest absolute Gasteiger partial charge is 0.241 e. The number of nitrogens with zero attached hydrogens (tertiary/aromatic N) is 3. The number of aromatic nitrogens is 2. The predicted octanol–water partition coefficient (Wildman–Crippen LogP) is 4.84. The van der Waals surface area contributed by atoms with Crippen molar-refractivity contribution in [2.45, 2.75) is 58.5 Å². The van der Waals surface area contributed by atoms with Crippen LogP contribution in [-0.4, -0.2) is 53.8 Å². The molecule has 1 N–H and O–H groups in total. The number of carbonyl (C=O) groups is 1. The molecule has 2 heterocycles. The van der Waals surface area contributed by atoms with Crippen LogP contribution >= 0.6 is 0 Å². The van der Waals surface area contributed by atoms with Crippen molar-refractivity contribution < 1.29 is 18.8 Å². The van der Waals surface area contributed by atoms with Crippen molar-refractivity contribution >= 4 is 5.91 Å². The van der Waals surface area contributed by atoms with E-state index in [9.17, 15) is 4.79 Å². The maximum Gasteiger partial charge on any atom is 0.241 e. The quantitative estimate of drug-likeness (QED) is 0.444. The molecule has 1 amide bonds. The van der Waals surface area contributed by atoms with E-state index in [1.165, 1.54) is 5.56 Å². The van der Waals surface area contributed by atoms with Crippen molar-refractivity contribution in [2.75, 3.05) is 26.8 Å². The number of piperidine rings is 1. The number of nitrogens with one attached hydrogen (secondary N) is 1. The molecule has 37 heavy (non-hydrogen) atoms. The second-order valence-corrected chi connectivity index (χ2v) is 10.8. The lowest BCUT2D eigenvalue weighted by atomic mass is 9.87. The van der Waals surface area contributed by atoms with Gasteiger partial charge >= 0.3 is 0 Å². The number of amides is 1. The van der Waals surface area contributed by atoms with E-state index in [0.717, 1.165) is 43.0 Å². The van der Waals surface area contributed by atoms with Crippen LogP contribution in [0.15, 0.2) is 53.1 Å². The third kappa shape index (κ3) is 7.32. The third-order valence-corrected chi connectivity index (χ3v) is 6.74. The Bertz CT molecular complexity index is 1140.